The van der Waals surface area contributed by atoms with Crippen molar-refractivity contribution < 1.29 is 4.74 Å². The Morgan fingerprint density at radius 1 is 1.17 bits per heavy atom. The van der Waals surface area contributed by atoms with Gasteiger partial charge in [0.25, 0.3) is 0 Å². The molecule has 1 N–H and O–H groups in total. The lowest BCUT2D eigenvalue weighted by Crippen LogP contribution is -2.28. The Kier molecular flexibility index (Phi) is 6.81. The first kappa shape index (κ1) is 15.0. The van der Waals surface area contributed by atoms with Crippen LogP contribution in [0, 0.1) is 5.92 Å². The Bertz CT molecular complexity index is 336. The molecule has 0 fully saturated rings. The van der Waals surface area contributed by atoms with Crippen LogP contribution in [-0.2, 0) is 6.42 Å². The van der Waals surface area contributed by atoms with Gasteiger partial charge in [-0.05, 0) is 36.9 Å². The third-order valence-corrected chi connectivity index (χ3v) is 2.88. The van der Waals surface area contributed by atoms with E-state index in [0.29, 0.717) is 12.0 Å². The minimum absolute atomic E-state index is 0.555. The standard InChI is InChI=1S/C16H27NO/c1-5-10-18-16-9-7-6-8-15(16)11-14(4)12-17-13(2)3/h6-9,13-14,17H,5,10-12H2,1-4H3. The fourth-order valence-electron chi connectivity index (χ4n) is 1.91. The van der Waals surface area contributed by atoms with Gasteiger partial charge in [-0.1, -0.05) is 45.9 Å². The average Bonchev–Trinajstić information content (AvgIpc) is 2.35. The Hall–Kier alpha value is -1.02. The van der Waals surface area contributed by atoms with Crippen LogP contribution in [0.1, 0.15) is 39.7 Å². The summed E-state index contributed by atoms with van der Waals surface area (Å²) < 4.78 is 5.79. The smallest absolute Gasteiger partial charge is 0.122 e. The zero-order valence-electron chi connectivity index (χ0n) is 12.2. The van der Waals surface area contributed by atoms with Crippen LogP contribution in [0.25, 0.3) is 0 Å². The molecular weight excluding hydrogens is 222 g/mol. The molecule has 0 amide bonds. The summed E-state index contributed by atoms with van der Waals surface area (Å²) in [6.07, 6.45) is 2.12. The maximum atomic E-state index is 5.79. The summed E-state index contributed by atoms with van der Waals surface area (Å²) in [5, 5.41) is 3.49. The molecule has 0 aliphatic carbocycles. The van der Waals surface area contributed by atoms with E-state index in [1.54, 1.807) is 0 Å². The lowest BCUT2D eigenvalue weighted by atomic mass is 10.00. The second-order valence-electron chi connectivity index (χ2n) is 5.33. The number of nitrogens with one attached hydrogen (secondary N) is 1. The van der Waals surface area contributed by atoms with E-state index >= 15 is 0 Å². The van der Waals surface area contributed by atoms with Gasteiger partial charge in [-0.3, -0.25) is 0 Å². The molecule has 2 nitrogen and oxygen atoms in total. The molecule has 2 heteroatoms. The maximum absolute atomic E-state index is 5.79. The third-order valence-electron chi connectivity index (χ3n) is 2.88. The van der Waals surface area contributed by atoms with Crippen molar-refractivity contribution in [2.24, 2.45) is 5.92 Å². The first-order valence-corrected chi connectivity index (χ1v) is 7.07. The Morgan fingerprint density at radius 2 is 1.89 bits per heavy atom. The molecule has 0 radical (unpaired) electrons. The zero-order chi connectivity index (χ0) is 13.4. The van der Waals surface area contributed by atoms with E-state index in [9.17, 15) is 0 Å². The molecule has 102 valence electrons. The van der Waals surface area contributed by atoms with Crippen molar-refractivity contribution in [2.75, 3.05) is 13.2 Å². The molecule has 0 spiro atoms. The normalized spacial score (nSPS) is 12.7. The summed E-state index contributed by atoms with van der Waals surface area (Å²) in [4.78, 5) is 0. The highest BCUT2D eigenvalue weighted by Crippen LogP contribution is 2.21. The van der Waals surface area contributed by atoms with Gasteiger partial charge in [0.15, 0.2) is 0 Å². The van der Waals surface area contributed by atoms with E-state index in [1.165, 1.54) is 5.56 Å². The Morgan fingerprint density at radius 3 is 2.56 bits per heavy atom. The molecule has 0 saturated heterocycles. The highest BCUT2D eigenvalue weighted by molar-refractivity contribution is 5.33. The van der Waals surface area contributed by atoms with E-state index in [4.69, 9.17) is 4.74 Å². The van der Waals surface area contributed by atoms with Crippen LogP contribution in [0.15, 0.2) is 24.3 Å². The molecule has 1 unspecified atom stereocenters. The Balaban J connectivity index is 2.54. The molecule has 0 aliphatic rings. The zero-order valence-corrected chi connectivity index (χ0v) is 12.2. The first-order chi connectivity index (χ1) is 8.63. The molecule has 0 saturated carbocycles. The van der Waals surface area contributed by atoms with E-state index < -0.39 is 0 Å². The quantitative estimate of drug-likeness (QED) is 0.759. The van der Waals surface area contributed by atoms with Crippen molar-refractivity contribution >= 4 is 0 Å². The molecule has 1 rings (SSSR count). The van der Waals surface area contributed by atoms with Crippen molar-refractivity contribution in [3.05, 3.63) is 29.8 Å². The van der Waals surface area contributed by atoms with Crippen LogP contribution in [0.4, 0.5) is 0 Å². The largest absolute Gasteiger partial charge is 0.493 e. The van der Waals surface area contributed by atoms with Crippen molar-refractivity contribution in [1.29, 1.82) is 0 Å². The first-order valence-electron chi connectivity index (χ1n) is 7.07. The van der Waals surface area contributed by atoms with Gasteiger partial charge in [-0.2, -0.15) is 0 Å². The van der Waals surface area contributed by atoms with E-state index in [-0.39, 0.29) is 0 Å². The van der Waals surface area contributed by atoms with Crippen LogP contribution in [0.2, 0.25) is 0 Å². The second-order valence-corrected chi connectivity index (χ2v) is 5.33. The van der Waals surface area contributed by atoms with Gasteiger partial charge in [0.2, 0.25) is 0 Å². The number of hydrogen-bond donors (Lipinski definition) is 1. The summed E-state index contributed by atoms with van der Waals surface area (Å²) >= 11 is 0. The second kappa shape index (κ2) is 8.15. The summed E-state index contributed by atoms with van der Waals surface area (Å²) in [7, 11) is 0. The molecule has 1 atom stereocenters. The molecule has 0 aromatic heterocycles. The summed E-state index contributed by atoms with van der Waals surface area (Å²) in [6.45, 7) is 10.6. The van der Waals surface area contributed by atoms with Gasteiger partial charge < -0.3 is 10.1 Å². The number of ether oxygens (including phenoxy) is 1. The third kappa shape index (κ3) is 5.54. The molecule has 1 aromatic rings. The number of para-hydroxylation sites is 1. The SMILES string of the molecule is CCCOc1ccccc1CC(C)CNC(C)C. The highest BCUT2D eigenvalue weighted by atomic mass is 16.5. The van der Waals surface area contributed by atoms with Gasteiger partial charge >= 0.3 is 0 Å². The van der Waals surface area contributed by atoms with Gasteiger partial charge in [0.1, 0.15) is 5.75 Å². The minimum Gasteiger partial charge on any atom is -0.493 e. The van der Waals surface area contributed by atoms with Crippen LogP contribution >= 0.6 is 0 Å². The molecule has 0 aliphatic heterocycles. The van der Waals surface area contributed by atoms with E-state index in [1.807, 2.05) is 6.07 Å². The van der Waals surface area contributed by atoms with Crippen molar-refractivity contribution in [1.82, 2.24) is 5.32 Å². The van der Waals surface area contributed by atoms with Gasteiger partial charge in [0, 0.05) is 6.04 Å². The van der Waals surface area contributed by atoms with E-state index in [2.05, 4.69) is 51.2 Å². The lowest BCUT2D eigenvalue weighted by Gasteiger charge is -2.17. The van der Waals surface area contributed by atoms with Gasteiger partial charge in [0.05, 0.1) is 6.61 Å². The fourth-order valence-corrected chi connectivity index (χ4v) is 1.91. The maximum Gasteiger partial charge on any atom is 0.122 e. The van der Waals surface area contributed by atoms with E-state index in [0.717, 1.165) is 31.7 Å². The Labute approximate surface area is 112 Å². The molecule has 0 bridgehead atoms. The molecular formula is C16H27NO. The summed E-state index contributed by atoms with van der Waals surface area (Å²) in [5.41, 5.74) is 1.32. The number of rotatable bonds is 8. The van der Waals surface area contributed by atoms with Crippen molar-refractivity contribution in [3.63, 3.8) is 0 Å². The van der Waals surface area contributed by atoms with Crippen LogP contribution in [0.5, 0.6) is 5.75 Å². The van der Waals surface area contributed by atoms with Gasteiger partial charge in [-0.15, -0.1) is 0 Å². The number of benzene rings is 1. The predicted octanol–water partition coefficient (Wildman–Crippen LogP) is 3.65. The monoisotopic (exact) mass is 249 g/mol. The van der Waals surface area contributed by atoms with Crippen LogP contribution in [-0.4, -0.2) is 19.2 Å². The topological polar surface area (TPSA) is 21.3 Å². The lowest BCUT2D eigenvalue weighted by molar-refractivity contribution is 0.312. The fraction of sp³-hybridized carbons (Fsp3) is 0.625. The molecule has 0 heterocycles. The van der Waals surface area contributed by atoms with Crippen LogP contribution < -0.4 is 10.1 Å². The average molecular weight is 249 g/mol. The number of hydrogen-bond acceptors (Lipinski definition) is 2. The summed E-state index contributed by atoms with van der Waals surface area (Å²) in [5.74, 6) is 1.68. The van der Waals surface area contributed by atoms with Crippen molar-refractivity contribution in [2.45, 2.75) is 46.6 Å². The van der Waals surface area contributed by atoms with Crippen LogP contribution in [0.3, 0.4) is 0 Å². The summed E-state index contributed by atoms with van der Waals surface area (Å²) in [6, 6.07) is 8.95. The van der Waals surface area contributed by atoms with Crippen molar-refractivity contribution in [3.8, 4) is 5.75 Å². The highest BCUT2D eigenvalue weighted by Gasteiger charge is 2.08. The minimum atomic E-state index is 0.555. The molecule has 18 heavy (non-hydrogen) atoms. The predicted molar refractivity (Wildman–Crippen MR) is 78.2 cm³/mol. The van der Waals surface area contributed by atoms with Gasteiger partial charge in [-0.25, -0.2) is 0 Å². The molecule has 1 aromatic carbocycles.